The fourth-order valence-electron chi connectivity index (χ4n) is 2.28. The Kier molecular flexibility index (Phi) is 4.80. The standard InChI is InChI=1S/C18H23NO/c1-13-8-9-14(2)17(10-13)12-19-15(3)16-6-5-7-18(11-16)20-4/h5-11,15,19H,12H2,1-4H3/t15-/m0/s1. The number of benzene rings is 2. The number of hydrogen-bond acceptors (Lipinski definition) is 2. The first kappa shape index (κ1) is 14.6. The first-order chi connectivity index (χ1) is 9.60. The molecule has 0 aliphatic heterocycles. The van der Waals surface area contributed by atoms with Gasteiger partial charge in [-0.3, -0.25) is 0 Å². The quantitative estimate of drug-likeness (QED) is 0.880. The van der Waals surface area contributed by atoms with Crippen LogP contribution in [0.15, 0.2) is 42.5 Å². The molecule has 106 valence electrons. The minimum atomic E-state index is 0.296. The van der Waals surface area contributed by atoms with Crippen LogP contribution in [0.25, 0.3) is 0 Å². The molecule has 1 N–H and O–H groups in total. The van der Waals surface area contributed by atoms with Crippen LogP contribution in [0.2, 0.25) is 0 Å². The number of methoxy groups -OCH3 is 1. The Bertz CT molecular complexity index is 577. The van der Waals surface area contributed by atoms with E-state index >= 15 is 0 Å². The molecule has 0 spiro atoms. The molecule has 0 aliphatic carbocycles. The summed E-state index contributed by atoms with van der Waals surface area (Å²) in [5.41, 5.74) is 5.25. The molecule has 0 bridgehead atoms. The van der Waals surface area contributed by atoms with Gasteiger partial charge in [0.1, 0.15) is 5.75 Å². The molecule has 0 aliphatic rings. The molecular weight excluding hydrogens is 246 g/mol. The molecule has 0 aromatic heterocycles. The lowest BCUT2D eigenvalue weighted by molar-refractivity contribution is 0.413. The molecule has 0 unspecified atom stereocenters. The molecule has 2 aromatic carbocycles. The average molecular weight is 269 g/mol. The van der Waals surface area contributed by atoms with Crippen molar-refractivity contribution in [2.24, 2.45) is 0 Å². The van der Waals surface area contributed by atoms with Crippen molar-refractivity contribution >= 4 is 0 Å². The summed E-state index contributed by atoms with van der Waals surface area (Å²) in [6.45, 7) is 7.35. The Hall–Kier alpha value is -1.80. The van der Waals surface area contributed by atoms with Gasteiger partial charge in [0, 0.05) is 12.6 Å². The smallest absolute Gasteiger partial charge is 0.119 e. The molecule has 2 heteroatoms. The molecular formula is C18H23NO. The molecule has 2 aromatic rings. The lowest BCUT2D eigenvalue weighted by Gasteiger charge is -2.16. The van der Waals surface area contributed by atoms with E-state index in [9.17, 15) is 0 Å². The van der Waals surface area contributed by atoms with E-state index in [1.54, 1.807) is 7.11 Å². The van der Waals surface area contributed by atoms with E-state index in [0.29, 0.717) is 6.04 Å². The summed E-state index contributed by atoms with van der Waals surface area (Å²) in [7, 11) is 1.70. The van der Waals surface area contributed by atoms with Crippen molar-refractivity contribution in [3.8, 4) is 5.75 Å². The summed E-state index contributed by atoms with van der Waals surface area (Å²) >= 11 is 0. The van der Waals surface area contributed by atoms with Crippen LogP contribution in [-0.4, -0.2) is 7.11 Å². The van der Waals surface area contributed by atoms with E-state index in [0.717, 1.165) is 12.3 Å². The normalized spacial score (nSPS) is 12.2. The second-order valence-corrected chi connectivity index (χ2v) is 5.31. The molecule has 0 fully saturated rings. The molecule has 0 saturated carbocycles. The Morgan fingerprint density at radius 2 is 1.90 bits per heavy atom. The number of hydrogen-bond donors (Lipinski definition) is 1. The van der Waals surface area contributed by atoms with Gasteiger partial charge in [0.25, 0.3) is 0 Å². The lowest BCUT2D eigenvalue weighted by Crippen LogP contribution is -2.18. The van der Waals surface area contributed by atoms with Gasteiger partial charge in [0.15, 0.2) is 0 Å². The zero-order chi connectivity index (χ0) is 14.5. The summed E-state index contributed by atoms with van der Waals surface area (Å²) in [6.07, 6.45) is 0. The van der Waals surface area contributed by atoms with Crippen LogP contribution in [0.3, 0.4) is 0 Å². The van der Waals surface area contributed by atoms with E-state index in [1.165, 1.54) is 22.3 Å². The molecule has 20 heavy (non-hydrogen) atoms. The Labute approximate surface area is 121 Å². The van der Waals surface area contributed by atoms with Crippen molar-refractivity contribution in [1.29, 1.82) is 0 Å². The summed E-state index contributed by atoms with van der Waals surface area (Å²) in [5.74, 6) is 0.905. The minimum Gasteiger partial charge on any atom is -0.497 e. The molecule has 2 rings (SSSR count). The third-order valence-electron chi connectivity index (χ3n) is 3.70. The van der Waals surface area contributed by atoms with E-state index < -0.39 is 0 Å². The maximum atomic E-state index is 5.27. The molecule has 0 heterocycles. The van der Waals surface area contributed by atoms with Crippen molar-refractivity contribution in [1.82, 2.24) is 5.32 Å². The number of rotatable bonds is 5. The van der Waals surface area contributed by atoms with Crippen LogP contribution in [0.1, 0.15) is 35.2 Å². The van der Waals surface area contributed by atoms with Gasteiger partial charge in [0.05, 0.1) is 7.11 Å². The number of aryl methyl sites for hydroxylation is 2. The van der Waals surface area contributed by atoms with Gasteiger partial charge in [-0.1, -0.05) is 35.9 Å². The van der Waals surface area contributed by atoms with Gasteiger partial charge in [-0.05, 0) is 49.6 Å². The van der Waals surface area contributed by atoms with E-state index in [2.05, 4.69) is 56.4 Å². The van der Waals surface area contributed by atoms with Crippen LogP contribution in [-0.2, 0) is 6.54 Å². The topological polar surface area (TPSA) is 21.3 Å². The number of nitrogens with one attached hydrogen (secondary N) is 1. The third kappa shape index (κ3) is 3.61. The minimum absolute atomic E-state index is 0.296. The lowest BCUT2D eigenvalue weighted by atomic mass is 10.0. The van der Waals surface area contributed by atoms with Gasteiger partial charge in [-0.2, -0.15) is 0 Å². The fourth-order valence-corrected chi connectivity index (χ4v) is 2.28. The highest BCUT2D eigenvalue weighted by molar-refractivity contribution is 5.32. The van der Waals surface area contributed by atoms with E-state index in [4.69, 9.17) is 4.74 Å². The zero-order valence-electron chi connectivity index (χ0n) is 12.7. The fraction of sp³-hybridized carbons (Fsp3) is 0.333. The van der Waals surface area contributed by atoms with Crippen molar-refractivity contribution in [2.45, 2.75) is 33.4 Å². The monoisotopic (exact) mass is 269 g/mol. The van der Waals surface area contributed by atoms with Gasteiger partial charge >= 0.3 is 0 Å². The summed E-state index contributed by atoms with van der Waals surface area (Å²) in [5, 5.41) is 3.58. The van der Waals surface area contributed by atoms with Crippen molar-refractivity contribution in [3.63, 3.8) is 0 Å². The van der Waals surface area contributed by atoms with Crippen molar-refractivity contribution in [2.75, 3.05) is 7.11 Å². The summed E-state index contributed by atoms with van der Waals surface area (Å²) < 4.78 is 5.27. The van der Waals surface area contributed by atoms with Crippen LogP contribution < -0.4 is 10.1 Å². The van der Waals surface area contributed by atoms with Crippen LogP contribution in [0.4, 0.5) is 0 Å². The summed E-state index contributed by atoms with van der Waals surface area (Å²) in [4.78, 5) is 0. The maximum absolute atomic E-state index is 5.27. The molecule has 2 nitrogen and oxygen atoms in total. The van der Waals surface area contributed by atoms with Crippen molar-refractivity contribution in [3.05, 3.63) is 64.7 Å². The maximum Gasteiger partial charge on any atom is 0.119 e. The predicted octanol–water partition coefficient (Wildman–Crippen LogP) is 4.16. The first-order valence-corrected chi connectivity index (χ1v) is 7.03. The highest BCUT2D eigenvalue weighted by Crippen LogP contribution is 2.19. The Morgan fingerprint density at radius 1 is 1.10 bits per heavy atom. The largest absolute Gasteiger partial charge is 0.497 e. The van der Waals surface area contributed by atoms with Crippen LogP contribution in [0.5, 0.6) is 5.75 Å². The number of ether oxygens (including phenoxy) is 1. The first-order valence-electron chi connectivity index (χ1n) is 7.03. The molecule has 1 atom stereocenters. The Morgan fingerprint density at radius 3 is 2.65 bits per heavy atom. The second kappa shape index (κ2) is 6.58. The van der Waals surface area contributed by atoms with E-state index in [-0.39, 0.29) is 0 Å². The van der Waals surface area contributed by atoms with Gasteiger partial charge in [-0.25, -0.2) is 0 Å². The van der Waals surface area contributed by atoms with E-state index in [1.807, 2.05) is 12.1 Å². The third-order valence-corrected chi connectivity index (χ3v) is 3.70. The SMILES string of the molecule is COc1cccc([C@H](C)NCc2cc(C)ccc2C)c1. The average Bonchev–Trinajstić information content (AvgIpc) is 2.48. The zero-order valence-corrected chi connectivity index (χ0v) is 12.7. The molecule has 0 radical (unpaired) electrons. The van der Waals surface area contributed by atoms with Crippen molar-refractivity contribution < 1.29 is 4.74 Å². The molecule has 0 amide bonds. The van der Waals surface area contributed by atoms with Gasteiger partial charge < -0.3 is 10.1 Å². The van der Waals surface area contributed by atoms with Gasteiger partial charge in [0.2, 0.25) is 0 Å². The highest BCUT2D eigenvalue weighted by Gasteiger charge is 2.07. The Balaban J connectivity index is 2.04. The van der Waals surface area contributed by atoms with Crippen LogP contribution >= 0.6 is 0 Å². The highest BCUT2D eigenvalue weighted by atomic mass is 16.5. The predicted molar refractivity (Wildman–Crippen MR) is 84.2 cm³/mol. The second-order valence-electron chi connectivity index (χ2n) is 5.31. The van der Waals surface area contributed by atoms with Crippen LogP contribution in [0, 0.1) is 13.8 Å². The molecule has 0 saturated heterocycles. The summed E-state index contributed by atoms with van der Waals surface area (Å²) in [6, 6.07) is 15.1. The van der Waals surface area contributed by atoms with Gasteiger partial charge in [-0.15, -0.1) is 0 Å².